The van der Waals surface area contributed by atoms with Crippen LogP contribution >= 0.6 is 0 Å². The topological polar surface area (TPSA) is 46.3 Å². The highest BCUT2D eigenvalue weighted by atomic mass is 16.2. The van der Waals surface area contributed by atoms with Gasteiger partial charge in [0.1, 0.15) is 0 Å². The third-order valence-corrected chi connectivity index (χ3v) is 4.56. The summed E-state index contributed by atoms with van der Waals surface area (Å²) in [6.07, 6.45) is 2.87. The van der Waals surface area contributed by atoms with Gasteiger partial charge in [0.2, 0.25) is 5.91 Å². The van der Waals surface area contributed by atoms with Crippen LogP contribution in [-0.2, 0) is 17.6 Å². The van der Waals surface area contributed by atoms with Gasteiger partial charge < -0.3 is 10.6 Å². The zero-order valence-corrected chi connectivity index (χ0v) is 13.6. The van der Waals surface area contributed by atoms with E-state index in [0.717, 1.165) is 32.4 Å². The minimum atomic E-state index is -0.0156. The number of benzene rings is 1. The Morgan fingerprint density at radius 2 is 2.00 bits per heavy atom. The molecule has 0 radical (unpaired) electrons. The van der Waals surface area contributed by atoms with E-state index in [0.29, 0.717) is 12.5 Å². The van der Waals surface area contributed by atoms with E-state index >= 15 is 0 Å². The number of nitrogens with zero attached hydrogens (tertiary/aromatic N) is 1. The van der Waals surface area contributed by atoms with E-state index in [4.69, 9.17) is 5.73 Å². The van der Waals surface area contributed by atoms with Crippen molar-refractivity contribution in [1.82, 2.24) is 4.90 Å². The molecule has 1 aliphatic rings. The molecule has 0 saturated carbocycles. The number of carbonyl (C=O) groups excluding carboxylic acids is 1. The lowest BCUT2D eigenvalue weighted by Gasteiger charge is -2.34. The smallest absolute Gasteiger partial charge is 0.226 e. The number of amides is 1. The Morgan fingerprint density at radius 1 is 1.33 bits per heavy atom. The van der Waals surface area contributed by atoms with Gasteiger partial charge in [-0.1, -0.05) is 38.1 Å². The summed E-state index contributed by atoms with van der Waals surface area (Å²) in [6, 6.07) is 8.50. The van der Waals surface area contributed by atoms with E-state index in [-0.39, 0.29) is 11.3 Å². The van der Waals surface area contributed by atoms with Crippen LogP contribution in [0, 0.1) is 11.3 Å². The van der Waals surface area contributed by atoms with E-state index < -0.39 is 0 Å². The summed E-state index contributed by atoms with van der Waals surface area (Å²) in [5.74, 6) is 0.432. The van der Waals surface area contributed by atoms with Gasteiger partial charge >= 0.3 is 0 Å². The first-order valence-corrected chi connectivity index (χ1v) is 8.02. The number of nitrogens with two attached hydrogens (primary N) is 1. The van der Waals surface area contributed by atoms with E-state index in [1.807, 2.05) is 4.90 Å². The van der Waals surface area contributed by atoms with Gasteiger partial charge in [0.25, 0.3) is 0 Å². The van der Waals surface area contributed by atoms with Crippen molar-refractivity contribution in [1.29, 1.82) is 0 Å². The lowest BCUT2D eigenvalue weighted by Crippen LogP contribution is -2.45. The molecular formula is C18H28N2O. The number of fused-ring (bicyclic) bond motifs is 1. The minimum Gasteiger partial charge on any atom is -0.342 e. The predicted molar refractivity (Wildman–Crippen MR) is 87.0 cm³/mol. The molecule has 116 valence electrons. The molecule has 0 fully saturated rings. The molecule has 2 N–H and O–H groups in total. The average Bonchev–Trinajstić information content (AvgIpc) is 2.51. The molecular weight excluding hydrogens is 260 g/mol. The molecule has 3 nitrogen and oxygen atoms in total. The van der Waals surface area contributed by atoms with Crippen LogP contribution in [0.4, 0.5) is 0 Å². The second-order valence-electron chi connectivity index (χ2n) is 6.93. The van der Waals surface area contributed by atoms with Crippen LogP contribution in [0.2, 0.25) is 0 Å². The zero-order chi connectivity index (χ0) is 15.5. The Hall–Kier alpha value is -1.35. The van der Waals surface area contributed by atoms with Crippen LogP contribution in [0.3, 0.4) is 0 Å². The Labute approximate surface area is 128 Å². The second-order valence-corrected chi connectivity index (χ2v) is 6.93. The molecule has 21 heavy (non-hydrogen) atoms. The first kappa shape index (κ1) is 16.0. The Balaban J connectivity index is 2.06. The van der Waals surface area contributed by atoms with Crippen molar-refractivity contribution in [3.05, 3.63) is 35.4 Å². The summed E-state index contributed by atoms with van der Waals surface area (Å²) in [6.45, 7) is 8.42. The van der Waals surface area contributed by atoms with Gasteiger partial charge in [0, 0.05) is 19.0 Å². The van der Waals surface area contributed by atoms with Gasteiger partial charge in [-0.25, -0.2) is 0 Å². The second kappa shape index (κ2) is 6.61. The largest absolute Gasteiger partial charge is 0.342 e. The number of rotatable bonds is 5. The minimum absolute atomic E-state index is 0.0156. The van der Waals surface area contributed by atoms with Gasteiger partial charge in [0.15, 0.2) is 0 Å². The van der Waals surface area contributed by atoms with Crippen molar-refractivity contribution in [3.63, 3.8) is 0 Å². The van der Waals surface area contributed by atoms with Crippen molar-refractivity contribution in [3.8, 4) is 0 Å². The van der Waals surface area contributed by atoms with Crippen molar-refractivity contribution in [2.45, 2.75) is 40.0 Å². The molecule has 0 aromatic heterocycles. The highest BCUT2D eigenvalue weighted by molar-refractivity contribution is 5.79. The van der Waals surface area contributed by atoms with Crippen LogP contribution in [0.25, 0.3) is 0 Å². The molecule has 1 unspecified atom stereocenters. The van der Waals surface area contributed by atoms with Crippen LogP contribution in [0.15, 0.2) is 24.3 Å². The van der Waals surface area contributed by atoms with E-state index in [1.54, 1.807) is 0 Å². The van der Waals surface area contributed by atoms with Crippen molar-refractivity contribution < 1.29 is 4.79 Å². The Kier molecular flexibility index (Phi) is 5.04. The Morgan fingerprint density at radius 3 is 2.62 bits per heavy atom. The molecule has 1 amide bonds. The highest BCUT2D eigenvalue weighted by Crippen LogP contribution is 2.27. The highest BCUT2D eigenvalue weighted by Gasteiger charge is 2.30. The van der Waals surface area contributed by atoms with Crippen LogP contribution in [0.1, 0.15) is 38.3 Å². The molecule has 1 aromatic carbocycles. The lowest BCUT2D eigenvalue weighted by molar-refractivity contribution is -0.137. The SMILES string of the molecule is CCN(CC(C)(C)CN)C(=O)C1CCc2ccccc2C1. The molecule has 1 aliphatic carbocycles. The summed E-state index contributed by atoms with van der Waals surface area (Å²) in [5.41, 5.74) is 8.55. The molecule has 1 aromatic rings. The fourth-order valence-electron chi connectivity index (χ4n) is 3.09. The summed E-state index contributed by atoms with van der Waals surface area (Å²) in [4.78, 5) is 14.8. The molecule has 0 heterocycles. The zero-order valence-electron chi connectivity index (χ0n) is 13.6. The standard InChI is InChI=1S/C18H28N2O/c1-4-20(13-18(2,3)12-19)17(21)16-10-9-14-7-5-6-8-15(14)11-16/h5-8,16H,4,9-13,19H2,1-3H3. The number of hydrogen-bond acceptors (Lipinski definition) is 2. The molecule has 0 saturated heterocycles. The van der Waals surface area contributed by atoms with Crippen molar-refractivity contribution in [2.75, 3.05) is 19.6 Å². The van der Waals surface area contributed by atoms with Gasteiger partial charge in [-0.05, 0) is 49.3 Å². The van der Waals surface area contributed by atoms with Gasteiger partial charge in [-0.15, -0.1) is 0 Å². The fraction of sp³-hybridized carbons (Fsp3) is 0.611. The molecule has 3 heteroatoms. The summed E-state index contributed by atoms with van der Waals surface area (Å²) in [7, 11) is 0. The van der Waals surface area contributed by atoms with E-state index in [2.05, 4.69) is 45.0 Å². The number of aryl methyl sites for hydroxylation is 1. The molecule has 1 atom stereocenters. The maximum absolute atomic E-state index is 12.8. The Bertz CT molecular complexity index is 496. The van der Waals surface area contributed by atoms with Crippen LogP contribution in [-0.4, -0.2) is 30.4 Å². The van der Waals surface area contributed by atoms with E-state index in [1.165, 1.54) is 11.1 Å². The third kappa shape index (κ3) is 3.85. The molecule has 2 rings (SSSR count). The first-order valence-electron chi connectivity index (χ1n) is 8.02. The first-order chi connectivity index (χ1) is 9.96. The van der Waals surface area contributed by atoms with Crippen LogP contribution < -0.4 is 5.73 Å². The molecule has 0 spiro atoms. The third-order valence-electron chi connectivity index (χ3n) is 4.56. The number of hydrogen-bond donors (Lipinski definition) is 1. The average molecular weight is 288 g/mol. The van der Waals surface area contributed by atoms with Gasteiger partial charge in [-0.3, -0.25) is 4.79 Å². The summed E-state index contributed by atoms with van der Waals surface area (Å²) < 4.78 is 0. The lowest BCUT2D eigenvalue weighted by atomic mass is 9.82. The maximum atomic E-state index is 12.8. The normalized spacial score (nSPS) is 18.2. The maximum Gasteiger partial charge on any atom is 0.226 e. The van der Waals surface area contributed by atoms with Crippen molar-refractivity contribution >= 4 is 5.91 Å². The van der Waals surface area contributed by atoms with Gasteiger partial charge in [0.05, 0.1) is 0 Å². The quantitative estimate of drug-likeness (QED) is 0.905. The number of carbonyl (C=O) groups is 1. The van der Waals surface area contributed by atoms with Crippen molar-refractivity contribution in [2.24, 2.45) is 17.1 Å². The summed E-state index contributed by atoms with van der Waals surface area (Å²) in [5, 5.41) is 0. The van der Waals surface area contributed by atoms with Gasteiger partial charge in [-0.2, -0.15) is 0 Å². The molecule has 0 aliphatic heterocycles. The predicted octanol–water partition coefficient (Wildman–Crippen LogP) is 2.62. The van der Waals surface area contributed by atoms with Crippen LogP contribution in [0.5, 0.6) is 0 Å². The monoisotopic (exact) mass is 288 g/mol. The molecule has 0 bridgehead atoms. The fourth-order valence-corrected chi connectivity index (χ4v) is 3.09. The van der Waals surface area contributed by atoms with E-state index in [9.17, 15) is 4.79 Å². The summed E-state index contributed by atoms with van der Waals surface area (Å²) >= 11 is 0.